The Morgan fingerprint density at radius 3 is 2.25 bits per heavy atom. The predicted octanol–water partition coefficient (Wildman–Crippen LogP) is 5.25. The lowest BCUT2D eigenvalue weighted by Crippen LogP contribution is -2.21. The third kappa shape index (κ3) is 4.62. The standard InChI is InChI=1S/C17H22F2O/c1-2-3-4-14-5-7-15(8-6-14)9-10-16-11-12-17(18,19)20-13-16/h5-8,13H,2-4,9-12H2,1H3. The van der Waals surface area contributed by atoms with Crippen LogP contribution in [0, 0.1) is 0 Å². The normalized spacial score (nSPS) is 17.4. The Kier molecular flexibility index (Phi) is 5.16. The molecule has 2 rings (SSSR count). The van der Waals surface area contributed by atoms with Gasteiger partial charge in [-0.3, -0.25) is 0 Å². The molecule has 20 heavy (non-hydrogen) atoms. The molecular formula is C17H22F2O. The van der Waals surface area contributed by atoms with Crippen LogP contribution in [0.2, 0.25) is 0 Å². The van der Waals surface area contributed by atoms with Gasteiger partial charge in [0.05, 0.1) is 12.7 Å². The molecule has 0 aromatic heterocycles. The fraction of sp³-hybridized carbons (Fsp3) is 0.529. The maximum atomic E-state index is 12.8. The average Bonchev–Trinajstić information content (AvgIpc) is 2.45. The van der Waals surface area contributed by atoms with Gasteiger partial charge in [-0.05, 0) is 48.8 Å². The second-order valence-electron chi connectivity index (χ2n) is 5.45. The van der Waals surface area contributed by atoms with Crippen LogP contribution in [-0.2, 0) is 17.6 Å². The van der Waals surface area contributed by atoms with E-state index in [-0.39, 0.29) is 6.42 Å². The minimum atomic E-state index is -2.97. The van der Waals surface area contributed by atoms with Crippen LogP contribution in [0.25, 0.3) is 0 Å². The Labute approximate surface area is 119 Å². The van der Waals surface area contributed by atoms with Crippen molar-refractivity contribution in [2.24, 2.45) is 0 Å². The van der Waals surface area contributed by atoms with Crippen LogP contribution in [0.1, 0.15) is 50.2 Å². The minimum Gasteiger partial charge on any atom is -0.441 e. The van der Waals surface area contributed by atoms with E-state index in [1.54, 1.807) is 0 Å². The molecule has 0 spiro atoms. The van der Waals surface area contributed by atoms with Gasteiger partial charge in [-0.2, -0.15) is 8.78 Å². The molecule has 0 atom stereocenters. The quantitative estimate of drug-likeness (QED) is 0.691. The summed E-state index contributed by atoms with van der Waals surface area (Å²) in [7, 11) is 0. The number of halogens is 2. The Morgan fingerprint density at radius 2 is 1.70 bits per heavy atom. The van der Waals surface area contributed by atoms with Gasteiger partial charge in [0, 0.05) is 0 Å². The third-order valence-corrected chi connectivity index (χ3v) is 3.71. The van der Waals surface area contributed by atoms with E-state index in [2.05, 4.69) is 35.9 Å². The summed E-state index contributed by atoms with van der Waals surface area (Å²) in [4.78, 5) is 0. The summed E-state index contributed by atoms with van der Waals surface area (Å²) in [6, 6.07) is 8.63. The van der Waals surface area contributed by atoms with Crippen molar-refractivity contribution in [1.29, 1.82) is 0 Å². The summed E-state index contributed by atoms with van der Waals surface area (Å²) in [6.07, 6.45) is 3.75. The summed E-state index contributed by atoms with van der Waals surface area (Å²) < 4.78 is 30.1. The first-order valence-electron chi connectivity index (χ1n) is 7.40. The van der Waals surface area contributed by atoms with E-state index in [9.17, 15) is 8.78 Å². The van der Waals surface area contributed by atoms with Gasteiger partial charge >= 0.3 is 6.11 Å². The molecule has 110 valence electrons. The molecule has 0 bridgehead atoms. The van der Waals surface area contributed by atoms with Gasteiger partial charge in [-0.1, -0.05) is 37.6 Å². The topological polar surface area (TPSA) is 9.23 Å². The third-order valence-electron chi connectivity index (χ3n) is 3.71. The smallest absolute Gasteiger partial charge is 0.397 e. The highest BCUT2D eigenvalue weighted by Gasteiger charge is 2.32. The Hall–Kier alpha value is -1.38. The molecule has 1 aromatic carbocycles. The maximum Gasteiger partial charge on any atom is 0.397 e. The minimum absolute atomic E-state index is 0.200. The molecule has 1 aliphatic rings. The first-order valence-corrected chi connectivity index (χ1v) is 7.40. The Balaban J connectivity index is 1.81. The molecule has 1 nitrogen and oxygen atoms in total. The average molecular weight is 280 g/mol. The number of alkyl halides is 2. The lowest BCUT2D eigenvalue weighted by molar-refractivity contribution is -0.214. The van der Waals surface area contributed by atoms with Gasteiger partial charge in [0.25, 0.3) is 0 Å². The highest BCUT2D eigenvalue weighted by Crippen LogP contribution is 2.31. The van der Waals surface area contributed by atoms with Crippen molar-refractivity contribution in [3.8, 4) is 0 Å². The molecule has 0 fully saturated rings. The number of unbranched alkanes of at least 4 members (excludes halogenated alkanes) is 1. The second kappa shape index (κ2) is 6.87. The van der Waals surface area contributed by atoms with E-state index < -0.39 is 6.11 Å². The largest absolute Gasteiger partial charge is 0.441 e. The van der Waals surface area contributed by atoms with Crippen molar-refractivity contribution in [2.45, 2.75) is 58.0 Å². The molecule has 0 aliphatic carbocycles. The molecule has 0 radical (unpaired) electrons. The zero-order chi connectivity index (χ0) is 14.4. The van der Waals surface area contributed by atoms with Crippen LogP contribution in [0.4, 0.5) is 8.78 Å². The lowest BCUT2D eigenvalue weighted by Gasteiger charge is -2.22. The fourth-order valence-electron chi connectivity index (χ4n) is 2.34. The zero-order valence-electron chi connectivity index (χ0n) is 12.0. The molecule has 0 saturated carbocycles. The first kappa shape index (κ1) is 15.0. The summed E-state index contributed by atoms with van der Waals surface area (Å²) in [5.74, 6) is 0. The number of rotatable bonds is 6. The van der Waals surface area contributed by atoms with Crippen molar-refractivity contribution in [3.05, 3.63) is 47.2 Å². The fourth-order valence-corrected chi connectivity index (χ4v) is 2.34. The van der Waals surface area contributed by atoms with Gasteiger partial charge in [0.1, 0.15) is 0 Å². The van der Waals surface area contributed by atoms with E-state index in [1.165, 1.54) is 30.2 Å². The molecular weight excluding hydrogens is 258 g/mol. The molecule has 3 heteroatoms. The Bertz CT molecular complexity index is 449. The van der Waals surface area contributed by atoms with E-state index in [0.29, 0.717) is 6.42 Å². The molecule has 0 N–H and O–H groups in total. The van der Waals surface area contributed by atoms with Gasteiger partial charge in [0.2, 0.25) is 0 Å². The van der Waals surface area contributed by atoms with Crippen LogP contribution < -0.4 is 0 Å². The number of aryl methyl sites for hydroxylation is 2. The van der Waals surface area contributed by atoms with Crippen molar-refractivity contribution in [2.75, 3.05) is 0 Å². The van der Waals surface area contributed by atoms with Crippen LogP contribution in [-0.4, -0.2) is 6.11 Å². The lowest BCUT2D eigenvalue weighted by atomic mass is 9.99. The van der Waals surface area contributed by atoms with E-state index in [0.717, 1.165) is 24.8 Å². The number of ether oxygens (including phenoxy) is 1. The zero-order valence-corrected chi connectivity index (χ0v) is 12.0. The SMILES string of the molecule is CCCCc1ccc(CCC2=COC(F)(F)CC2)cc1. The number of allylic oxidation sites excluding steroid dienone is 1. The van der Waals surface area contributed by atoms with Gasteiger partial charge in [-0.25, -0.2) is 0 Å². The van der Waals surface area contributed by atoms with E-state index in [4.69, 9.17) is 0 Å². The summed E-state index contributed by atoms with van der Waals surface area (Å²) in [5, 5.41) is 0. The van der Waals surface area contributed by atoms with Crippen molar-refractivity contribution in [3.63, 3.8) is 0 Å². The molecule has 1 aromatic rings. The maximum absolute atomic E-state index is 12.8. The summed E-state index contributed by atoms with van der Waals surface area (Å²) >= 11 is 0. The van der Waals surface area contributed by atoms with Gasteiger partial charge in [0.15, 0.2) is 0 Å². The predicted molar refractivity (Wildman–Crippen MR) is 76.7 cm³/mol. The van der Waals surface area contributed by atoms with Gasteiger partial charge < -0.3 is 4.74 Å². The molecule has 1 aliphatic heterocycles. The summed E-state index contributed by atoms with van der Waals surface area (Å²) in [5.41, 5.74) is 3.60. The van der Waals surface area contributed by atoms with Crippen molar-refractivity contribution >= 4 is 0 Å². The van der Waals surface area contributed by atoms with E-state index >= 15 is 0 Å². The highest BCUT2D eigenvalue weighted by atomic mass is 19.3. The first-order chi connectivity index (χ1) is 9.59. The number of hydrogen-bond donors (Lipinski definition) is 0. The number of benzene rings is 1. The van der Waals surface area contributed by atoms with Crippen LogP contribution in [0.5, 0.6) is 0 Å². The van der Waals surface area contributed by atoms with Crippen LogP contribution in [0.3, 0.4) is 0 Å². The van der Waals surface area contributed by atoms with E-state index in [1.807, 2.05) is 0 Å². The highest BCUT2D eigenvalue weighted by molar-refractivity contribution is 5.23. The monoisotopic (exact) mass is 280 g/mol. The van der Waals surface area contributed by atoms with Crippen LogP contribution in [0.15, 0.2) is 36.1 Å². The van der Waals surface area contributed by atoms with Crippen molar-refractivity contribution < 1.29 is 13.5 Å². The van der Waals surface area contributed by atoms with Gasteiger partial charge in [-0.15, -0.1) is 0 Å². The molecule has 1 heterocycles. The van der Waals surface area contributed by atoms with Crippen LogP contribution >= 0.6 is 0 Å². The number of hydrogen-bond acceptors (Lipinski definition) is 1. The van der Waals surface area contributed by atoms with Crippen molar-refractivity contribution in [1.82, 2.24) is 0 Å². The molecule has 0 unspecified atom stereocenters. The summed E-state index contributed by atoms with van der Waals surface area (Å²) in [6.45, 7) is 2.19. The second-order valence-corrected chi connectivity index (χ2v) is 5.45. The molecule has 0 amide bonds. The molecule has 0 saturated heterocycles. The Morgan fingerprint density at radius 1 is 1.05 bits per heavy atom.